The van der Waals surface area contributed by atoms with E-state index >= 15 is 0 Å². The van der Waals surface area contributed by atoms with Crippen LogP contribution in [0.25, 0.3) is 11.1 Å². The second-order valence-corrected chi connectivity index (χ2v) is 5.62. The molecule has 0 saturated carbocycles. The summed E-state index contributed by atoms with van der Waals surface area (Å²) in [5, 5.41) is -0.264. The second kappa shape index (κ2) is 4.37. The first-order valence-corrected chi connectivity index (χ1v) is 7.13. The van der Waals surface area contributed by atoms with Crippen LogP contribution >= 0.6 is 0 Å². The van der Waals surface area contributed by atoms with E-state index in [1.165, 1.54) is 0 Å². The van der Waals surface area contributed by atoms with E-state index in [1.807, 2.05) is 6.92 Å². The van der Waals surface area contributed by atoms with Crippen molar-refractivity contribution >= 4 is 20.9 Å². The van der Waals surface area contributed by atoms with Gasteiger partial charge in [0.05, 0.1) is 6.61 Å². The largest absolute Gasteiger partial charge is 0.493 e. The van der Waals surface area contributed by atoms with Crippen molar-refractivity contribution in [2.45, 2.75) is 18.6 Å². The number of benzene rings is 1. The molecule has 17 heavy (non-hydrogen) atoms. The molecule has 0 aliphatic heterocycles. The van der Waals surface area contributed by atoms with Gasteiger partial charge in [0.25, 0.3) is 0 Å². The molecule has 1 aromatic heterocycles. The Kier molecular flexibility index (Phi) is 3.06. The van der Waals surface area contributed by atoms with Gasteiger partial charge < -0.3 is 9.15 Å². The number of fused-ring (bicyclic) bond motifs is 1. The average molecular weight is 255 g/mol. The molecule has 0 unspecified atom stereocenters. The summed E-state index contributed by atoms with van der Waals surface area (Å²) in [6.45, 7) is 2.62. The van der Waals surface area contributed by atoms with E-state index in [0.29, 0.717) is 23.5 Å². The lowest BCUT2D eigenvalue weighted by molar-refractivity contribution is 0.317. The molecule has 0 saturated heterocycles. The molecule has 0 aliphatic rings. The lowest BCUT2D eigenvalue weighted by Gasteiger charge is -2.02. The van der Waals surface area contributed by atoms with Crippen molar-refractivity contribution in [3.8, 4) is 5.75 Å². The monoisotopic (exact) mass is 255 g/mol. The number of rotatable bonds is 4. The Morgan fingerprint density at radius 2 is 2.18 bits per heavy atom. The summed E-state index contributed by atoms with van der Waals surface area (Å²) >= 11 is 0. The van der Waals surface area contributed by atoms with Gasteiger partial charge in [-0.25, -0.2) is 8.42 Å². The van der Waals surface area contributed by atoms with Gasteiger partial charge in [-0.1, -0.05) is 6.92 Å². The van der Waals surface area contributed by atoms with Gasteiger partial charge in [-0.2, -0.15) is 4.98 Å². The predicted octanol–water partition coefficient (Wildman–Crippen LogP) is 2.02. The van der Waals surface area contributed by atoms with Crippen LogP contribution in [0.1, 0.15) is 13.3 Å². The first kappa shape index (κ1) is 11.9. The number of hydrogen-bond donors (Lipinski definition) is 0. The molecule has 1 heterocycles. The Balaban J connectivity index is 2.41. The summed E-state index contributed by atoms with van der Waals surface area (Å²) in [4.78, 5) is 3.90. The zero-order valence-corrected chi connectivity index (χ0v) is 10.5. The van der Waals surface area contributed by atoms with Gasteiger partial charge in [0.1, 0.15) is 11.3 Å². The van der Waals surface area contributed by atoms with E-state index in [0.717, 1.165) is 12.7 Å². The molecule has 6 heteroatoms. The van der Waals surface area contributed by atoms with Crippen molar-refractivity contribution in [2.24, 2.45) is 0 Å². The van der Waals surface area contributed by atoms with Crippen LogP contribution in [0.2, 0.25) is 0 Å². The average Bonchev–Trinajstić information content (AvgIpc) is 2.68. The topological polar surface area (TPSA) is 69.4 Å². The lowest BCUT2D eigenvalue weighted by Crippen LogP contribution is -1.96. The third-order valence-corrected chi connectivity index (χ3v) is 2.94. The van der Waals surface area contributed by atoms with Gasteiger partial charge >= 0.3 is 5.22 Å². The minimum Gasteiger partial charge on any atom is -0.493 e. The van der Waals surface area contributed by atoms with Crippen LogP contribution in [0, 0.1) is 0 Å². The molecule has 92 valence electrons. The number of oxazole rings is 1. The molecule has 0 fully saturated rings. The normalized spacial score (nSPS) is 11.9. The maximum absolute atomic E-state index is 11.3. The van der Waals surface area contributed by atoms with Crippen LogP contribution in [0.4, 0.5) is 0 Å². The van der Waals surface area contributed by atoms with Crippen LogP contribution in [-0.4, -0.2) is 26.3 Å². The molecule has 5 nitrogen and oxygen atoms in total. The standard InChI is InChI=1S/C11H13NO4S/c1-3-6-15-8-4-5-9-10(7-8)16-11(12-9)17(2,13)14/h4-5,7H,3,6H2,1-2H3. The zero-order valence-electron chi connectivity index (χ0n) is 9.63. The Hall–Kier alpha value is -1.56. The molecule has 0 atom stereocenters. The molecule has 2 aromatic rings. The van der Waals surface area contributed by atoms with E-state index in [1.54, 1.807) is 18.2 Å². The molecule has 0 aliphatic carbocycles. The van der Waals surface area contributed by atoms with Gasteiger partial charge in [-0.05, 0) is 18.6 Å². The van der Waals surface area contributed by atoms with E-state index in [-0.39, 0.29) is 5.22 Å². The van der Waals surface area contributed by atoms with Crippen molar-refractivity contribution in [3.05, 3.63) is 18.2 Å². The molecule has 0 radical (unpaired) electrons. The summed E-state index contributed by atoms with van der Waals surface area (Å²) in [5.74, 6) is 0.649. The maximum Gasteiger partial charge on any atom is 0.315 e. The summed E-state index contributed by atoms with van der Waals surface area (Å²) < 4.78 is 33.1. The van der Waals surface area contributed by atoms with E-state index in [4.69, 9.17) is 9.15 Å². The summed E-state index contributed by atoms with van der Waals surface area (Å²) in [6, 6.07) is 5.07. The van der Waals surface area contributed by atoms with Crippen LogP contribution in [-0.2, 0) is 9.84 Å². The first-order valence-electron chi connectivity index (χ1n) is 5.24. The Morgan fingerprint density at radius 1 is 1.41 bits per heavy atom. The first-order chi connectivity index (χ1) is 8.00. The maximum atomic E-state index is 11.3. The summed E-state index contributed by atoms with van der Waals surface area (Å²) in [6.07, 6.45) is 1.97. The number of hydrogen-bond acceptors (Lipinski definition) is 5. The molecule has 1 aromatic carbocycles. The number of sulfone groups is 1. The summed E-state index contributed by atoms with van der Waals surface area (Å²) in [5.41, 5.74) is 0.924. The number of ether oxygens (including phenoxy) is 1. The van der Waals surface area contributed by atoms with Crippen LogP contribution in [0.15, 0.2) is 27.8 Å². The van der Waals surface area contributed by atoms with E-state index in [9.17, 15) is 8.42 Å². The Labute approximate surface area is 99.3 Å². The fraction of sp³-hybridized carbons (Fsp3) is 0.364. The number of aromatic nitrogens is 1. The highest BCUT2D eigenvalue weighted by Gasteiger charge is 2.16. The highest BCUT2D eigenvalue weighted by Crippen LogP contribution is 2.23. The van der Waals surface area contributed by atoms with Crippen molar-refractivity contribution in [1.82, 2.24) is 4.98 Å². The fourth-order valence-electron chi connectivity index (χ4n) is 1.35. The fourth-order valence-corrected chi connectivity index (χ4v) is 1.86. The van der Waals surface area contributed by atoms with E-state index < -0.39 is 9.84 Å². The van der Waals surface area contributed by atoms with Gasteiger partial charge in [-0.15, -0.1) is 0 Å². The van der Waals surface area contributed by atoms with E-state index in [2.05, 4.69) is 4.98 Å². The second-order valence-electron chi connectivity index (χ2n) is 3.73. The zero-order chi connectivity index (χ0) is 12.5. The van der Waals surface area contributed by atoms with Crippen molar-refractivity contribution in [1.29, 1.82) is 0 Å². The Morgan fingerprint density at radius 3 is 2.82 bits per heavy atom. The highest BCUT2D eigenvalue weighted by molar-refractivity contribution is 7.90. The predicted molar refractivity (Wildman–Crippen MR) is 62.9 cm³/mol. The SMILES string of the molecule is CCCOc1ccc2nc(S(C)(=O)=O)oc2c1. The minimum atomic E-state index is -3.41. The lowest BCUT2D eigenvalue weighted by atomic mass is 10.3. The molecule has 0 bridgehead atoms. The van der Waals surface area contributed by atoms with Crippen LogP contribution in [0.3, 0.4) is 0 Å². The van der Waals surface area contributed by atoms with Gasteiger partial charge in [0.15, 0.2) is 5.58 Å². The van der Waals surface area contributed by atoms with Crippen LogP contribution in [0.5, 0.6) is 5.75 Å². The van der Waals surface area contributed by atoms with Gasteiger partial charge in [0.2, 0.25) is 9.84 Å². The van der Waals surface area contributed by atoms with Gasteiger partial charge in [0, 0.05) is 12.3 Å². The van der Waals surface area contributed by atoms with Crippen LogP contribution < -0.4 is 4.74 Å². The quantitative estimate of drug-likeness (QED) is 0.836. The van der Waals surface area contributed by atoms with Crippen molar-refractivity contribution in [3.63, 3.8) is 0 Å². The molecule has 0 N–H and O–H groups in total. The molecule has 0 spiro atoms. The molecule has 0 amide bonds. The summed E-state index contributed by atoms with van der Waals surface area (Å²) in [7, 11) is -3.41. The third-order valence-electron chi connectivity index (χ3n) is 2.13. The van der Waals surface area contributed by atoms with Crippen molar-refractivity contribution < 1.29 is 17.6 Å². The smallest absolute Gasteiger partial charge is 0.315 e. The number of nitrogens with zero attached hydrogens (tertiary/aromatic N) is 1. The molecule has 2 rings (SSSR count). The third kappa shape index (κ3) is 2.58. The highest BCUT2D eigenvalue weighted by atomic mass is 32.2. The van der Waals surface area contributed by atoms with Crippen molar-refractivity contribution in [2.75, 3.05) is 12.9 Å². The molecular formula is C11H13NO4S. The Bertz CT molecular complexity index is 630. The van der Waals surface area contributed by atoms with Gasteiger partial charge in [-0.3, -0.25) is 0 Å². The minimum absolute atomic E-state index is 0.264. The molecular weight excluding hydrogens is 242 g/mol.